The fraction of sp³-hybridized carbons (Fsp3) is 0.565. The lowest BCUT2D eigenvalue weighted by atomic mass is 9.92. The summed E-state index contributed by atoms with van der Waals surface area (Å²) < 4.78 is 34.4. The lowest BCUT2D eigenvalue weighted by Crippen LogP contribution is -2.11. The SMILES string of the molecule is CC.CC.CCNc1nc(S(C)(=O)=O)ncc1Cc1cc(OC)c(OC)cc1C(C)C. The van der Waals surface area contributed by atoms with Crippen LogP contribution in [0.1, 0.15) is 71.1 Å². The van der Waals surface area contributed by atoms with Crippen molar-refractivity contribution in [2.24, 2.45) is 0 Å². The van der Waals surface area contributed by atoms with E-state index in [9.17, 15) is 8.42 Å². The molecular formula is C23H39N3O4S. The van der Waals surface area contributed by atoms with Gasteiger partial charge in [0.05, 0.1) is 14.2 Å². The van der Waals surface area contributed by atoms with Crippen molar-refractivity contribution >= 4 is 15.7 Å². The third kappa shape index (κ3) is 8.01. The standard InChI is InChI=1S/C19H27N3O4S.2C2H6/c1-7-20-18-14(11-21-19(22-18)27(6,23)24)8-13-9-16(25-4)17(26-5)10-15(13)12(2)3;2*1-2/h9-12H,7-8H2,1-6H3,(H,20,21,22);2*1-2H3. The Morgan fingerprint density at radius 3 is 2.00 bits per heavy atom. The lowest BCUT2D eigenvalue weighted by molar-refractivity contribution is 0.354. The fourth-order valence-corrected chi connectivity index (χ4v) is 3.35. The minimum Gasteiger partial charge on any atom is -0.493 e. The number of benzene rings is 1. The monoisotopic (exact) mass is 453 g/mol. The molecule has 0 fully saturated rings. The maximum absolute atomic E-state index is 11.8. The summed E-state index contributed by atoms with van der Waals surface area (Å²) in [5.41, 5.74) is 3.00. The van der Waals surface area contributed by atoms with E-state index in [1.807, 2.05) is 46.8 Å². The van der Waals surface area contributed by atoms with E-state index in [1.54, 1.807) is 20.4 Å². The Hall–Kier alpha value is -2.35. The number of anilines is 1. The number of hydrogen-bond donors (Lipinski definition) is 1. The van der Waals surface area contributed by atoms with Gasteiger partial charge in [-0.05, 0) is 36.1 Å². The third-order valence-corrected chi connectivity index (χ3v) is 5.03. The van der Waals surface area contributed by atoms with Crippen molar-refractivity contribution in [2.75, 3.05) is 32.3 Å². The molecule has 1 aromatic heterocycles. The summed E-state index contributed by atoms with van der Waals surface area (Å²) in [4.78, 5) is 8.26. The van der Waals surface area contributed by atoms with E-state index < -0.39 is 9.84 Å². The molecule has 0 amide bonds. The van der Waals surface area contributed by atoms with Crippen LogP contribution in [-0.2, 0) is 16.3 Å². The highest BCUT2D eigenvalue weighted by Crippen LogP contribution is 2.35. The quantitative estimate of drug-likeness (QED) is 0.556. The number of aromatic nitrogens is 2. The molecular weight excluding hydrogens is 414 g/mol. The van der Waals surface area contributed by atoms with Crippen LogP contribution in [0.25, 0.3) is 0 Å². The predicted molar refractivity (Wildman–Crippen MR) is 128 cm³/mol. The van der Waals surface area contributed by atoms with Gasteiger partial charge < -0.3 is 14.8 Å². The molecule has 0 aliphatic heterocycles. The molecule has 0 radical (unpaired) electrons. The normalized spacial score (nSPS) is 10.4. The van der Waals surface area contributed by atoms with E-state index in [-0.39, 0.29) is 11.1 Å². The zero-order chi connectivity index (χ0) is 24.2. The number of hydrogen-bond acceptors (Lipinski definition) is 7. The Morgan fingerprint density at radius 2 is 1.55 bits per heavy atom. The molecule has 0 saturated carbocycles. The van der Waals surface area contributed by atoms with E-state index in [1.165, 1.54) is 0 Å². The van der Waals surface area contributed by atoms with Crippen LogP contribution in [0.4, 0.5) is 5.82 Å². The Balaban J connectivity index is 0.00000212. The highest BCUT2D eigenvalue weighted by Gasteiger charge is 2.18. The van der Waals surface area contributed by atoms with Crippen molar-refractivity contribution in [3.05, 3.63) is 35.0 Å². The van der Waals surface area contributed by atoms with E-state index in [0.717, 1.165) is 22.9 Å². The fourth-order valence-electron chi connectivity index (χ4n) is 2.85. The number of methoxy groups -OCH3 is 2. The third-order valence-electron chi connectivity index (χ3n) is 4.17. The van der Waals surface area contributed by atoms with Gasteiger partial charge in [-0.1, -0.05) is 41.5 Å². The summed E-state index contributed by atoms with van der Waals surface area (Å²) in [6.45, 7) is 14.8. The second-order valence-corrected chi connectivity index (χ2v) is 8.48. The van der Waals surface area contributed by atoms with Crippen molar-refractivity contribution in [3.63, 3.8) is 0 Å². The summed E-state index contributed by atoms with van der Waals surface area (Å²) in [5.74, 6) is 2.13. The van der Waals surface area contributed by atoms with Gasteiger partial charge in [0.25, 0.3) is 0 Å². The largest absolute Gasteiger partial charge is 0.493 e. The number of sulfone groups is 1. The average Bonchev–Trinajstić information content (AvgIpc) is 2.76. The second kappa shape index (κ2) is 13.9. The molecule has 0 saturated heterocycles. The smallest absolute Gasteiger partial charge is 0.248 e. The van der Waals surface area contributed by atoms with Gasteiger partial charge in [-0.15, -0.1) is 0 Å². The zero-order valence-electron chi connectivity index (χ0n) is 20.7. The first-order valence-electron chi connectivity index (χ1n) is 10.8. The first-order valence-corrected chi connectivity index (χ1v) is 12.6. The molecule has 1 aromatic carbocycles. The van der Waals surface area contributed by atoms with E-state index in [2.05, 4.69) is 29.1 Å². The van der Waals surface area contributed by atoms with Crippen molar-refractivity contribution in [1.82, 2.24) is 9.97 Å². The van der Waals surface area contributed by atoms with Crippen LogP contribution in [0.3, 0.4) is 0 Å². The second-order valence-electron chi connectivity index (χ2n) is 6.57. The molecule has 0 aliphatic rings. The van der Waals surface area contributed by atoms with Gasteiger partial charge in [-0.2, -0.15) is 0 Å². The van der Waals surface area contributed by atoms with Crippen molar-refractivity contribution < 1.29 is 17.9 Å². The Morgan fingerprint density at radius 1 is 1.00 bits per heavy atom. The van der Waals surface area contributed by atoms with Gasteiger partial charge in [-0.25, -0.2) is 18.4 Å². The lowest BCUT2D eigenvalue weighted by Gasteiger charge is -2.18. The average molecular weight is 454 g/mol. The first kappa shape index (κ1) is 28.6. The summed E-state index contributed by atoms with van der Waals surface area (Å²) in [7, 11) is -0.258. The summed E-state index contributed by atoms with van der Waals surface area (Å²) in [5, 5.41) is 2.96. The maximum atomic E-state index is 11.8. The Labute approximate surface area is 188 Å². The van der Waals surface area contributed by atoms with Gasteiger partial charge in [0.15, 0.2) is 11.5 Å². The Kier molecular flexibility index (Phi) is 12.8. The number of nitrogens with zero attached hydrogens (tertiary/aromatic N) is 2. The van der Waals surface area contributed by atoms with Gasteiger partial charge in [-0.3, -0.25) is 0 Å². The van der Waals surface area contributed by atoms with Crippen molar-refractivity contribution in [1.29, 1.82) is 0 Å². The van der Waals surface area contributed by atoms with E-state index in [4.69, 9.17) is 9.47 Å². The predicted octanol–water partition coefficient (Wildman–Crippen LogP) is 5.10. The molecule has 8 heteroatoms. The molecule has 176 valence electrons. The van der Waals surface area contributed by atoms with Gasteiger partial charge in [0, 0.05) is 31.0 Å². The minimum absolute atomic E-state index is 0.182. The molecule has 0 aliphatic carbocycles. The molecule has 7 nitrogen and oxygen atoms in total. The molecule has 0 bridgehead atoms. The van der Waals surface area contributed by atoms with Gasteiger partial charge in [0.1, 0.15) is 5.82 Å². The van der Waals surface area contributed by atoms with E-state index in [0.29, 0.717) is 30.3 Å². The zero-order valence-corrected chi connectivity index (χ0v) is 21.5. The summed E-state index contributed by atoms with van der Waals surface area (Å²) in [6, 6.07) is 3.94. The van der Waals surface area contributed by atoms with Crippen LogP contribution in [0.15, 0.2) is 23.5 Å². The molecule has 0 atom stereocenters. The minimum atomic E-state index is -3.47. The number of ether oxygens (including phenoxy) is 2. The van der Waals surface area contributed by atoms with Crippen LogP contribution in [0, 0.1) is 0 Å². The molecule has 0 spiro atoms. The van der Waals surface area contributed by atoms with Crippen LogP contribution >= 0.6 is 0 Å². The maximum Gasteiger partial charge on any atom is 0.248 e. The van der Waals surface area contributed by atoms with Crippen molar-refractivity contribution in [2.45, 2.75) is 66.0 Å². The van der Waals surface area contributed by atoms with Crippen LogP contribution in [0.2, 0.25) is 0 Å². The Bertz CT molecular complexity index is 913. The van der Waals surface area contributed by atoms with Crippen LogP contribution in [-0.4, -0.2) is 45.4 Å². The molecule has 2 rings (SSSR count). The molecule has 2 aromatic rings. The molecule has 1 N–H and O–H groups in total. The molecule has 1 heterocycles. The topological polar surface area (TPSA) is 90.4 Å². The highest BCUT2D eigenvalue weighted by atomic mass is 32.2. The first-order chi connectivity index (χ1) is 14.7. The summed E-state index contributed by atoms with van der Waals surface area (Å²) in [6.07, 6.45) is 3.21. The molecule has 31 heavy (non-hydrogen) atoms. The van der Waals surface area contributed by atoms with Crippen molar-refractivity contribution in [3.8, 4) is 11.5 Å². The highest BCUT2D eigenvalue weighted by molar-refractivity contribution is 7.90. The molecule has 0 unspecified atom stereocenters. The van der Waals surface area contributed by atoms with E-state index >= 15 is 0 Å². The van der Waals surface area contributed by atoms with Gasteiger partial charge >= 0.3 is 0 Å². The summed E-state index contributed by atoms with van der Waals surface area (Å²) >= 11 is 0. The number of nitrogens with one attached hydrogen (secondary N) is 1. The van der Waals surface area contributed by atoms with Crippen LogP contribution in [0.5, 0.6) is 11.5 Å². The van der Waals surface area contributed by atoms with Crippen LogP contribution < -0.4 is 14.8 Å². The number of rotatable bonds is 8. The van der Waals surface area contributed by atoms with Gasteiger partial charge in [0.2, 0.25) is 15.0 Å².